The highest BCUT2D eigenvalue weighted by Crippen LogP contribution is 2.29. The van der Waals surface area contributed by atoms with E-state index in [1.165, 1.54) is 81.6 Å². The zero-order chi connectivity index (χ0) is 13.1. The van der Waals surface area contributed by atoms with Crippen molar-refractivity contribution in [3.8, 4) is 0 Å². The third kappa shape index (κ3) is 2.88. The molecule has 0 N–H and O–H groups in total. The van der Waals surface area contributed by atoms with E-state index in [1.54, 1.807) is 0 Å². The molecule has 2 saturated heterocycles. The number of rotatable bonds is 2. The van der Waals surface area contributed by atoms with E-state index in [-0.39, 0.29) is 0 Å². The monoisotopic (exact) mass is 258 g/mol. The summed E-state index contributed by atoms with van der Waals surface area (Å²) in [5.41, 5.74) is 4.34. The lowest BCUT2D eigenvalue weighted by molar-refractivity contribution is 0.574. The summed E-state index contributed by atoms with van der Waals surface area (Å²) in [5.74, 6) is 0. The van der Waals surface area contributed by atoms with E-state index in [0.29, 0.717) is 0 Å². The van der Waals surface area contributed by atoms with Crippen LogP contribution in [0.3, 0.4) is 0 Å². The second-order valence-corrected chi connectivity index (χ2v) is 6.07. The lowest BCUT2D eigenvalue weighted by atomic mass is 10.1. The van der Waals surface area contributed by atoms with Gasteiger partial charge in [-0.05, 0) is 69.2 Å². The van der Waals surface area contributed by atoms with Gasteiger partial charge in [0.25, 0.3) is 0 Å². The maximum atomic E-state index is 2.57. The summed E-state index contributed by atoms with van der Waals surface area (Å²) in [6.45, 7) is 7.23. The summed E-state index contributed by atoms with van der Waals surface area (Å²) in [6.07, 6.45) is 8.23. The second kappa shape index (κ2) is 5.85. The second-order valence-electron chi connectivity index (χ2n) is 6.07. The molecule has 0 bridgehead atoms. The molecular formula is C17H26N2. The Labute approximate surface area is 117 Å². The molecule has 0 saturated carbocycles. The number of aryl methyl sites for hydroxylation is 1. The van der Waals surface area contributed by atoms with Crippen LogP contribution in [0, 0.1) is 6.92 Å². The number of hydrogen-bond acceptors (Lipinski definition) is 2. The molecule has 0 aliphatic carbocycles. The van der Waals surface area contributed by atoms with Gasteiger partial charge < -0.3 is 9.80 Å². The third-order valence-electron chi connectivity index (χ3n) is 4.60. The summed E-state index contributed by atoms with van der Waals surface area (Å²) in [7, 11) is 0. The Morgan fingerprint density at radius 3 is 1.89 bits per heavy atom. The number of hydrogen-bond donors (Lipinski definition) is 0. The van der Waals surface area contributed by atoms with E-state index < -0.39 is 0 Å². The van der Waals surface area contributed by atoms with Crippen molar-refractivity contribution < 1.29 is 0 Å². The molecule has 0 radical (unpaired) electrons. The Morgan fingerprint density at radius 1 is 0.737 bits per heavy atom. The van der Waals surface area contributed by atoms with Gasteiger partial charge in [-0.2, -0.15) is 0 Å². The number of benzene rings is 1. The van der Waals surface area contributed by atoms with Crippen molar-refractivity contribution in [2.24, 2.45) is 0 Å². The fraction of sp³-hybridized carbons (Fsp3) is 0.647. The molecular weight excluding hydrogens is 232 g/mol. The molecule has 2 aliphatic rings. The average Bonchev–Trinajstić information content (AvgIpc) is 2.49. The van der Waals surface area contributed by atoms with Crippen LogP contribution in [-0.4, -0.2) is 26.2 Å². The van der Waals surface area contributed by atoms with Crippen molar-refractivity contribution in [1.82, 2.24) is 0 Å². The Hall–Kier alpha value is -1.18. The fourth-order valence-electron chi connectivity index (χ4n) is 3.48. The molecule has 1 aromatic rings. The van der Waals surface area contributed by atoms with Gasteiger partial charge in [-0.15, -0.1) is 0 Å². The topological polar surface area (TPSA) is 6.48 Å². The highest BCUT2D eigenvalue weighted by atomic mass is 15.1. The molecule has 0 unspecified atom stereocenters. The van der Waals surface area contributed by atoms with Gasteiger partial charge >= 0.3 is 0 Å². The van der Waals surface area contributed by atoms with Gasteiger partial charge in [-0.1, -0.05) is 0 Å². The highest BCUT2D eigenvalue weighted by molar-refractivity contribution is 5.61. The standard InChI is InChI=1S/C17H26N2/c1-15-14-16(18-10-4-2-5-11-18)8-9-17(15)19-12-6-3-7-13-19/h8-9,14H,2-7,10-13H2,1H3. The molecule has 0 aromatic heterocycles. The minimum atomic E-state index is 1.24. The van der Waals surface area contributed by atoms with Crippen molar-refractivity contribution in [1.29, 1.82) is 0 Å². The first-order valence-corrected chi connectivity index (χ1v) is 7.95. The highest BCUT2D eigenvalue weighted by Gasteiger charge is 2.15. The summed E-state index contributed by atoms with van der Waals surface area (Å²) >= 11 is 0. The van der Waals surface area contributed by atoms with Crippen LogP contribution in [-0.2, 0) is 0 Å². The van der Waals surface area contributed by atoms with E-state index in [9.17, 15) is 0 Å². The predicted octanol–water partition coefficient (Wildman–Crippen LogP) is 3.98. The van der Waals surface area contributed by atoms with Gasteiger partial charge in [0.1, 0.15) is 0 Å². The normalized spacial score (nSPS) is 20.7. The van der Waals surface area contributed by atoms with E-state index in [2.05, 4.69) is 34.9 Å². The average molecular weight is 258 g/mol. The summed E-state index contributed by atoms with van der Waals surface area (Å²) in [5, 5.41) is 0. The molecule has 2 aliphatic heterocycles. The van der Waals surface area contributed by atoms with Gasteiger partial charge in [0, 0.05) is 37.6 Å². The van der Waals surface area contributed by atoms with Crippen molar-refractivity contribution in [3.05, 3.63) is 23.8 Å². The van der Waals surface area contributed by atoms with Crippen molar-refractivity contribution in [3.63, 3.8) is 0 Å². The lowest BCUT2D eigenvalue weighted by Crippen LogP contribution is -2.31. The maximum absolute atomic E-state index is 2.57. The SMILES string of the molecule is Cc1cc(N2CCCCC2)ccc1N1CCCCC1. The smallest absolute Gasteiger partial charge is 0.0397 e. The van der Waals surface area contributed by atoms with Crippen LogP contribution in [0.4, 0.5) is 11.4 Å². The lowest BCUT2D eigenvalue weighted by Gasteiger charge is -2.32. The number of anilines is 2. The zero-order valence-electron chi connectivity index (χ0n) is 12.2. The summed E-state index contributed by atoms with van der Waals surface area (Å²) in [6, 6.07) is 7.09. The van der Waals surface area contributed by atoms with Crippen LogP contribution < -0.4 is 9.80 Å². The van der Waals surface area contributed by atoms with Crippen LogP contribution in [0.1, 0.15) is 44.1 Å². The Morgan fingerprint density at radius 2 is 1.32 bits per heavy atom. The minimum absolute atomic E-state index is 1.24. The number of piperidine rings is 2. The first-order valence-electron chi connectivity index (χ1n) is 7.95. The van der Waals surface area contributed by atoms with Gasteiger partial charge in [-0.3, -0.25) is 0 Å². The van der Waals surface area contributed by atoms with Crippen LogP contribution in [0.25, 0.3) is 0 Å². The van der Waals surface area contributed by atoms with Crippen LogP contribution in [0.15, 0.2) is 18.2 Å². The molecule has 2 nitrogen and oxygen atoms in total. The number of nitrogens with zero attached hydrogens (tertiary/aromatic N) is 2. The molecule has 0 atom stereocenters. The molecule has 0 spiro atoms. The van der Waals surface area contributed by atoms with Gasteiger partial charge in [0.05, 0.1) is 0 Å². The molecule has 2 heterocycles. The molecule has 104 valence electrons. The van der Waals surface area contributed by atoms with E-state index in [4.69, 9.17) is 0 Å². The van der Waals surface area contributed by atoms with Crippen LogP contribution >= 0.6 is 0 Å². The maximum Gasteiger partial charge on any atom is 0.0397 e. The first-order chi connectivity index (χ1) is 9.34. The van der Waals surface area contributed by atoms with E-state index >= 15 is 0 Å². The Kier molecular flexibility index (Phi) is 3.95. The molecule has 2 heteroatoms. The van der Waals surface area contributed by atoms with Crippen molar-refractivity contribution in [2.45, 2.75) is 45.4 Å². The largest absolute Gasteiger partial charge is 0.372 e. The Bertz CT molecular complexity index is 415. The zero-order valence-corrected chi connectivity index (χ0v) is 12.2. The minimum Gasteiger partial charge on any atom is -0.372 e. The molecule has 3 rings (SSSR count). The molecule has 1 aromatic carbocycles. The van der Waals surface area contributed by atoms with E-state index in [0.717, 1.165) is 0 Å². The molecule has 2 fully saturated rings. The molecule has 0 amide bonds. The van der Waals surface area contributed by atoms with Gasteiger partial charge in [0.2, 0.25) is 0 Å². The fourth-order valence-corrected chi connectivity index (χ4v) is 3.48. The van der Waals surface area contributed by atoms with Gasteiger partial charge in [0.15, 0.2) is 0 Å². The first kappa shape index (κ1) is 12.8. The predicted molar refractivity (Wildman–Crippen MR) is 83.3 cm³/mol. The quantitative estimate of drug-likeness (QED) is 0.792. The van der Waals surface area contributed by atoms with Gasteiger partial charge in [-0.25, -0.2) is 0 Å². The van der Waals surface area contributed by atoms with Crippen LogP contribution in [0.2, 0.25) is 0 Å². The molecule has 19 heavy (non-hydrogen) atoms. The van der Waals surface area contributed by atoms with Crippen molar-refractivity contribution in [2.75, 3.05) is 36.0 Å². The summed E-state index contributed by atoms with van der Waals surface area (Å²) in [4.78, 5) is 5.12. The third-order valence-corrected chi connectivity index (χ3v) is 4.60. The Balaban J connectivity index is 1.76. The summed E-state index contributed by atoms with van der Waals surface area (Å²) < 4.78 is 0. The van der Waals surface area contributed by atoms with Crippen LogP contribution in [0.5, 0.6) is 0 Å². The van der Waals surface area contributed by atoms with Crippen molar-refractivity contribution >= 4 is 11.4 Å². The van der Waals surface area contributed by atoms with E-state index in [1.807, 2.05) is 0 Å².